The van der Waals surface area contributed by atoms with E-state index in [1.54, 1.807) is 32.6 Å². The lowest BCUT2D eigenvalue weighted by Crippen LogP contribution is -2.34. The molecule has 1 aliphatic rings. The molecule has 2 aromatic heterocycles. The molecule has 1 aromatic carbocycles. The zero-order valence-electron chi connectivity index (χ0n) is 15.9. The number of benzene rings is 1. The number of fused-ring (bicyclic) bond motifs is 1. The van der Waals surface area contributed by atoms with Gasteiger partial charge in [0.15, 0.2) is 0 Å². The summed E-state index contributed by atoms with van der Waals surface area (Å²) in [5.41, 5.74) is 8.21. The highest BCUT2D eigenvalue weighted by Gasteiger charge is 2.25. The predicted molar refractivity (Wildman–Crippen MR) is 108 cm³/mol. The zero-order valence-corrected chi connectivity index (χ0v) is 15.9. The predicted octanol–water partition coefficient (Wildman–Crippen LogP) is 2.33. The lowest BCUT2D eigenvalue weighted by atomic mass is 9.99. The lowest BCUT2D eigenvalue weighted by molar-refractivity contribution is 0.0951. The van der Waals surface area contributed by atoms with Crippen molar-refractivity contribution in [3.63, 3.8) is 0 Å². The molecule has 1 saturated carbocycles. The molecular weight excluding hydrogens is 356 g/mol. The molecular formula is C21H22N4O3. The highest BCUT2D eigenvalue weighted by atomic mass is 16.5. The number of amides is 1. The van der Waals surface area contributed by atoms with E-state index in [4.69, 9.17) is 10.5 Å². The standard InChI is InChI=1S/C21H22N4O3/c1-25-19-13(15-11-23-9-8-16(15)28-2)4-3-5-14(19)18(22)17(21(25)27)20(26)24-10-12-6-7-12/h3-5,8-9,11-12H,6-7,10,22H2,1-2H3,(H,24,26). The summed E-state index contributed by atoms with van der Waals surface area (Å²) in [5, 5.41) is 3.48. The monoisotopic (exact) mass is 378 g/mol. The normalized spacial score (nSPS) is 13.5. The fraction of sp³-hybridized carbons (Fsp3) is 0.286. The Morgan fingerprint density at radius 2 is 2.11 bits per heavy atom. The van der Waals surface area contributed by atoms with Gasteiger partial charge in [-0.15, -0.1) is 0 Å². The molecule has 0 aliphatic heterocycles. The summed E-state index contributed by atoms with van der Waals surface area (Å²) in [5.74, 6) is 0.732. The van der Waals surface area contributed by atoms with Crippen LogP contribution in [0.3, 0.4) is 0 Å². The summed E-state index contributed by atoms with van der Waals surface area (Å²) in [4.78, 5) is 29.8. The number of hydrogen-bond acceptors (Lipinski definition) is 5. The number of aromatic nitrogens is 2. The van der Waals surface area contributed by atoms with Crippen LogP contribution < -0.4 is 21.3 Å². The van der Waals surface area contributed by atoms with E-state index in [-0.39, 0.29) is 11.3 Å². The van der Waals surface area contributed by atoms with Crippen LogP contribution in [-0.2, 0) is 7.05 Å². The smallest absolute Gasteiger partial charge is 0.265 e. The summed E-state index contributed by atoms with van der Waals surface area (Å²) >= 11 is 0. The van der Waals surface area contributed by atoms with Crippen LogP contribution in [0.15, 0.2) is 41.5 Å². The average molecular weight is 378 g/mol. The van der Waals surface area contributed by atoms with E-state index >= 15 is 0 Å². The number of pyridine rings is 2. The number of carbonyl (C=O) groups excluding carboxylic acids is 1. The molecule has 1 fully saturated rings. The fourth-order valence-electron chi connectivity index (χ4n) is 3.49. The molecule has 0 atom stereocenters. The van der Waals surface area contributed by atoms with Crippen LogP contribution in [0.1, 0.15) is 23.2 Å². The second-order valence-corrected chi connectivity index (χ2v) is 7.08. The highest BCUT2D eigenvalue weighted by Crippen LogP contribution is 2.35. The first kappa shape index (κ1) is 18.0. The second-order valence-electron chi connectivity index (χ2n) is 7.08. The number of para-hydroxylation sites is 1. The Bertz CT molecular complexity index is 1130. The molecule has 3 aromatic rings. The number of anilines is 1. The molecule has 3 N–H and O–H groups in total. The van der Waals surface area contributed by atoms with Crippen LogP contribution in [0.25, 0.3) is 22.0 Å². The SMILES string of the molecule is COc1ccncc1-c1cccc2c(N)c(C(=O)NCC3CC3)c(=O)n(C)c12. The first-order valence-corrected chi connectivity index (χ1v) is 9.20. The van der Waals surface area contributed by atoms with Gasteiger partial charge in [-0.1, -0.05) is 18.2 Å². The number of methoxy groups -OCH3 is 1. The van der Waals surface area contributed by atoms with Crippen molar-refractivity contribution in [1.82, 2.24) is 14.9 Å². The molecule has 7 heteroatoms. The van der Waals surface area contributed by atoms with Gasteiger partial charge in [-0.2, -0.15) is 0 Å². The molecule has 0 radical (unpaired) electrons. The fourth-order valence-corrected chi connectivity index (χ4v) is 3.49. The van der Waals surface area contributed by atoms with E-state index in [1.165, 1.54) is 4.57 Å². The molecule has 2 heterocycles. The third kappa shape index (κ3) is 2.98. The van der Waals surface area contributed by atoms with Crippen molar-refractivity contribution in [2.45, 2.75) is 12.8 Å². The van der Waals surface area contributed by atoms with Crippen molar-refractivity contribution in [3.8, 4) is 16.9 Å². The number of aryl methyl sites for hydroxylation is 1. The lowest BCUT2D eigenvalue weighted by Gasteiger charge is -2.17. The number of rotatable bonds is 5. The number of nitrogens with one attached hydrogen (secondary N) is 1. The molecule has 4 rings (SSSR count). The van der Waals surface area contributed by atoms with Gasteiger partial charge >= 0.3 is 0 Å². The largest absolute Gasteiger partial charge is 0.496 e. The third-order valence-electron chi connectivity index (χ3n) is 5.22. The van der Waals surface area contributed by atoms with Crippen LogP contribution in [0.4, 0.5) is 5.69 Å². The van der Waals surface area contributed by atoms with Crippen LogP contribution in [0.5, 0.6) is 5.75 Å². The summed E-state index contributed by atoms with van der Waals surface area (Å²) in [6, 6.07) is 7.30. The molecule has 0 bridgehead atoms. The van der Waals surface area contributed by atoms with Gasteiger partial charge < -0.3 is 20.4 Å². The minimum atomic E-state index is -0.423. The Labute approximate surface area is 162 Å². The maximum atomic E-state index is 13.0. The van der Waals surface area contributed by atoms with E-state index < -0.39 is 11.5 Å². The maximum absolute atomic E-state index is 13.0. The Balaban J connectivity index is 1.92. The maximum Gasteiger partial charge on any atom is 0.265 e. The molecule has 28 heavy (non-hydrogen) atoms. The molecule has 144 valence electrons. The van der Waals surface area contributed by atoms with Crippen LogP contribution in [0, 0.1) is 5.92 Å². The van der Waals surface area contributed by atoms with Crippen molar-refractivity contribution in [1.29, 1.82) is 0 Å². The van der Waals surface area contributed by atoms with Crippen molar-refractivity contribution < 1.29 is 9.53 Å². The van der Waals surface area contributed by atoms with Crippen molar-refractivity contribution in [2.75, 3.05) is 19.4 Å². The van der Waals surface area contributed by atoms with E-state index in [1.807, 2.05) is 18.2 Å². The molecule has 0 saturated heterocycles. The van der Waals surface area contributed by atoms with Crippen molar-refractivity contribution in [2.24, 2.45) is 13.0 Å². The van der Waals surface area contributed by atoms with Gasteiger partial charge in [0.1, 0.15) is 11.3 Å². The molecule has 1 amide bonds. The third-order valence-corrected chi connectivity index (χ3v) is 5.22. The summed E-state index contributed by atoms with van der Waals surface area (Å²) in [6.07, 6.45) is 5.55. The van der Waals surface area contributed by atoms with Gasteiger partial charge in [0.2, 0.25) is 0 Å². The van der Waals surface area contributed by atoms with Gasteiger partial charge in [-0.25, -0.2) is 0 Å². The minimum Gasteiger partial charge on any atom is -0.496 e. The Kier molecular flexibility index (Phi) is 4.50. The summed E-state index contributed by atoms with van der Waals surface area (Å²) < 4.78 is 6.92. The van der Waals surface area contributed by atoms with Gasteiger partial charge in [0.05, 0.1) is 18.3 Å². The second kappa shape index (κ2) is 6.99. The Morgan fingerprint density at radius 1 is 1.32 bits per heavy atom. The number of ether oxygens (including phenoxy) is 1. The van der Waals surface area contributed by atoms with E-state index in [9.17, 15) is 9.59 Å². The van der Waals surface area contributed by atoms with Gasteiger partial charge in [-0.05, 0) is 24.8 Å². The van der Waals surface area contributed by atoms with Gasteiger partial charge in [0.25, 0.3) is 11.5 Å². The summed E-state index contributed by atoms with van der Waals surface area (Å²) in [6.45, 7) is 0.576. The summed E-state index contributed by atoms with van der Waals surface area (Å²) in [7, 11) is 3.23. The average Bonchev–Trinajstić information content (AvgIpc) is 3.54. The topological polar surface area (TPSA) is 99.2 Å². The molecule has 0 spiro atoms. The quantitative estimate of drug-likeness (QED) is 0.710. The van der Waals surface area contributed by atoms with Crippen LogP contribution in [0.2, 0.25) is 0 Å². The number of carbonyl (C=O) groups is 1. The first-order valence-electron chi connectivity index (χ1n) is 9.20. The van der Waals surface area contributed by atoms with E-state index in [0.29, 0.717) is 29.1 Å². The van der Waals surface area contributed by atoms with E-state index in [0.717, 1.165) is 24.0 Å². The molecule has 0 unspecified atom stereocenters. The first-order chi connectivity index (χ1) is 13.5. The van der Waals surface area contributed by atoms with Crippen molar-refractivity contribution in [3.05, 3.63) is 52.6 Å². The number of nitrogen functional groups attached to an aromatic ring is 1. The number of nitrogens with zero attached hydrogens (tertiary/aromatic N) is 2. The Morgan fingerprint density at radius 3 is 2.82 bits per heavy atom. The highest BCUT2D eigenvalue weighted by molar-refractivity contribution is 6.09. The number of nitrogens with two attached hydrogens (primary N) is 1. The van der Waals surface area contributed by atoms with Gasteiger partial charge in [0, 0.05) is 42.5 Å². The van der Waals surface area contributed by atoms with Gasteiger partial charge in [-0.3, -0.25) is 14.6 Å². The number of hydrogen-bond donors (Lipinski definition) is 2. The molecule has 1 aliphatic carbocycles. The zero-order chi connectivity index (χ0) is 19.8. The van der Waals surface area contributed by atoms with Crippen molar-refractivity contribution >= 4 is 22.5 Å². The Hall–Kier alpha value is -3.35. The van der Waals surface area contributed by atoms with Crippen LogP contribution >= 0.6 is 0 Å². The van der Waals surface area contributed by atoms with E-state index in [2.05, 4.69) is 10.3 Å². The minimum absolute atomic E-state index is 0.00838. The molecule has 7 nitrogen and oxygen atoms in total. The van der Waals surface area contributed by atoms with Crippen LogP contribution in [-0.4, -0.2) is 29.1 Å².